The third kappa shape index (κ3) is 4.56. The first kappa shape index (κ1) is 13.3. The highest BCUT2D eigenvalue weighted by molar-refractivity contribution is 5.88. The number of carbonyl (C=O) groups excluding carboxylic acids is 1. The van der Waals surface area contributed by atoms with Gasteiger partial charge in [0.25, 0.3) is 0 Å². The summed E-state index contributed by atoms with van der Waals surface area (Å²) in [6.45, 7) is 3.44. The first-order chi connectivity index (χ1) is 9.24. The number of amides is 1. The minimum atomic E-state index is -0.0385. The number of nitrogens with two attached hydrogens (primary N) is 1. The Morgan fingerprint density at radius 2 is 1.53 bits per heavy atom. The van der Waals surface area contributed by atoms with Crippen molar-refractivity contribution >= 4 is 11.6 Å². The number of nitrogens with one attached hydrogen (secondary N) is 1. The van der Waals surface area contributed by atoms with E-state index in [-0.39, 0.29) is 5.91 Å². The lowest BCUT2D eigenvalue weighted by molar-refractivity contribution is -0.686. The van der Waals surface area contributed by atoms with Crippen LogP contribution in [0.5, 0.6) is 0 Å². The number of hydrogen-bond acceptors (Lipinski definition) is 1. The van der Waals surface area contributed by atoms with Gasteiger partial charge in [-0.05, 0) is 12.1 Å². The summed E-state index contributed by atoms with van der Waals surface area (Å²) in [5.74, 6) is -0.0385. The zero-order valence-electron chi connectivity index (χ0n) is 11.1. The van der Waals surface area contributed by atoms with Gasteiger partial charge in [0.2, 0.25) is 5.91 Å². The summed E-state index contributed by atoms with van der Waals surface area (Å²) in [4.78, 5) is 10.9. The Hall–Kier alpha value is -2.13. The van der Waals surface area contributed by atoms with Crippen molar-refractivity contribution in [2.45, 2.75) is 20.0 Å². The van der Waals surface area contributed by atoms with Gasteiger partial charge < -0.3 is 10.6 Å². The second-order valence-electron chi connectivity index (χ2n) is 4.56. The zero-order valence-corrected chi connectivity index (χ0v) is 11.1. The number of carbonyl (C=O) groups is 1. The molecule has 0 saturated carbocycles. The van der Waals surface area contributed by atoms with Crippen LogP contribution in [0, 0.1) is 0 Å². The average Bonchev–Trinajstić information content (AvgIpc) is 2.41. The van der Waals surface area contributed by atoms with Crippen LogP contribution in [0.15, 0.2) is 54.6 Å². The molecule has 3 N–H and O–H groups in total. The van der Waals surface area contributed by atoms with Gasteiger partial charge in [0.1, 0.15) is 13.1 Å². The predicted molar refractivity (Wildman–Crippen MR) is 76.5 cm³/mol. The Balaban J connectivity index is 1.81. The molecule has 0 atom stereocenters. The predicted octanol–water partition coefficient (Wildman–Crippen LogP) is 1.91. The molecule has 0 heterocycles. The molecule has 0 radical (unpaired) electrons. The van der Waals surface area contributed by atoms with Crippen molar-refractivity contribution in [2.75, 3.05) is 5.32 Å². The first-order valence-electron chi connectivity index (χ1n) is 6.46. The molecule has 0 saturated heterocycles. The Bertz CT molecular complexity index is 520. The average molecular weight is 255 g/mol. The molecule has 3 nitrogen and oxygen atoms in total. The van der Waals surface area contributed by atoms with Crippen molar-refractivity contribution in [1.82, 2.24) is 0 Å². The fourth-order valence-electron chi connectivity index (χ4n) is 1.95. The van der Waals surface area contributed by atoms with Crippen molar-refractivity contribution in [3.05, 3.63) is 65.7 Å². The smallest absolute Gasteiger partial charge is 0.221 e. The van der Waals surface area contributed by atoms with Gasteiger partial charge in [0.05, 0.1) is 0 Å². The van der Waals surface area contributed by atoms with E-state index in [0.29, 0.717) is 0 Å². The topological polar surface area (TPSA) is 45.7 Å². The van der Waals surface area contributed by atoms with Crippen LogP contribution in [-0.2, 0) is 17.9 Å². The van der Waals surface area contributed by atoms with Crippen LogP contribution in [0.2, 0.25) is 0 Å². The SMILES string of the molecule is CC(=O)Nc1ccc(C[NH2+]Cc2ccccc2)cc1. The quantitative estimate of drug-likeness (QED) is 0.842. The summed E-state index contributed by atoms with van der Waals surface area (Å²) in [6.07, 6.45) is 0. The van der Waals surface area contributed by atoms with Gasteiger partial charge in [-0.25, -0.2) is 0 Å². The van der Waals surface area contributed by atoms with Crippen LogP contribution in [0.3, 0.4) is 0 Å². The van der Waals surface area contributed by atoms with Gasteiger partial charge in [-0.3, -0.25) is 4.79 Å². The van der Waals surface area contributed by atoms with Crippen LogP contribution in [0.1, 0.15) is 18.1 Å². The standard InChI is InChI=1S/C16H18N2O/c1-13(19)18-16-9-7-15(8-10-16)12-17-11-14-5-3-2-4-6-14/h2-10,17H,11-12H2,1H3,(H,18,19)/p+1. The van der Waals surface area contributed by atoms with E-state index < -0.39 is 0 Å². The van der Waals surface area contributed by atoms with E-state index in [1.54, 1.807) is 0 Å². The molecule has 2 aromatic carbocycles. The number of quaternary nitrogens is 1. The lowest BCUT2D eigenvalue weighted by Crippen LogP contribution is -2.80. The lowest BCUT2D eigenvalue weighted by atomic mass is 10.2. The van der Waals surface area contributed by atoms with Gasteiger partial charge in [-0.15, -0.1) is 0 Å². The number of anilines is 1. The molecule has 19 heavy (non-hydrogen) atoms. The third-order valence-electron chi connectivity index (χ3n) is 2.88. The van der Waals surface area contributed by atoms with E-state index in [2.05, 4.69) is 34.9 Å². The fourth-order valence-corrected chi connectivity index (χ4v) is 1.95. The van der Waals surface area contributed by atoms with Crippen LogP contribution in [0.4, 0.5) is 5.69 Å². The maximum atomic E-state index is 10.9. The molecule has 0 bridgehead atoms. The van der Waals surface area contributed by atoms with Crippen molar-refractivity contribution < 1.29 is 10.1 Å². The van der Waals surface area contributed by atoms with Gasteiger partial charge in [-0.2, -0.15) is 0 Å². The minimum absolute atomic E-state index is 0.0385. The normalized spacial score (nSPS) is 10.2. The van der Waals surface area contributed by atoms with Gasteiger partial charge in [-0.1, -0.05) is 42.5 Å². The summed E-state index contributed by atoms with van der Waals surface area (Å²) in [5.41, 5.74) is 3.43. The van der Waals surface area contributed by atoms with E-state index >= 15 is 0 Å². The third-order valence-corrected chi connectivity index (χ3v) is 2.88. The summed E-state index contributed by atoms with van der Waals surface area (Å²) in [7, 11) is 0. The fraction of sp³-hybridized carbons (Fsp3) is 0.188. The summed E-state index contributed by atoms with van der Waals surface area (Å²) >= 11 is 0. The molecule has 0 unspecified atom stereocenters. The lowest BCUT2D eigenvalue weighted by Gasteiger charge is -2.04. The summed E-state index contributed by atoms with van der Waals surface area (Å²) < 4.78 is 0. The van der Waals surface area contributed by atoms with Crippen molar-refractivity contribution in [2.24, 2.45) is 0 Å². The highest BCUT2D eigenvalue weighted by Crippen LogP contribution is 2.08. The van der Waals surface area contributed by atoms with Crippen molar-refractivity contribution in [1.29, 1.82) is 0 Å². The number of rotatable bonds is 5. The van der Waals surface area contributed by atoms with Crippen molar-refractivity contribution in [3.63, 3.8) is 0 Å². The molecule has 3 heteroatoms. The van der Waals surface area contributed by atoms with Crippen LogP contribution < -0.4 is 10.6 Å². The molecular formula is C16H19N2O+. The van der Waals surface area contributed by atoms with Gasteiger partial charge in [0.15, 0.2) is 0 Å². The van der Waals surface area contributed by atoms with Crippen LogP contribution in [-0.4, -0.2) is 5.91 Å². The molecule has 0 fully saturated rings. The molecule has 1 amide bonds. The zero-order chi connectivity index (χ0) is 13.5. The van der Waals surface area contributed by atoms with Gasteiger partial charge in [0, 0.05) is 23.7 Å². The molecule has 2 rings (SSSR count). The highest BCUT2D eigenvalue weighted by atomic mass is 16.1. The summed E-state index contributed by atoms with van der Waals surface area (Å²) in [5, 5.41) is 5.03. The molecule has 0 aliphatic heterocycles. The molecule has 2 aromatic rings. The summed E-state index contributed by atoms with van der Waals surface area (Å²) in [6, 6.07) is 18.4. The van der Waals surface area contributed by atoms with E-state index in [4.69, 9.17) is 0 Å². The van der Waals surface area contributed by atoms with E-state index in [1.165, 1.54) is 18.1 Å². The molecule has 0 aliphatic rings. The van der Waals surface area contributed by atoms with E-state index in [1.807, 2.05) is 30.3 Å². The molecule has 0 aromatic heterocycles. The number of benzene rings is 2. The molecule has 0 spiro atoms. The highest BCUT2D eigenvalue weighted by Gasteiger charge is 1.99. The second-order valence-corrected chi connectivity index (χ2v) is 4.56. The first-order valence-corrected chi connectivity index (χ1v) is 6.46. The number of hydrogen-bond donors (Lipinski definition) is 2. The second kappa shape index (κ2) is 6.71. The molecule has 0 aliphatic carbocycles. The van der Waals surface area contributed by atoms with E-state index in [9.17, 15) is 4.79 Å². The van der Waals surface area contributed by atoms with Crippen LogP contribution >= 0.6 is 0 Å². The van der Waals surface area contributed by atoms with Crippen LogP contribution in [0.25, 0.3) is 0 Å². The Labute approximate surface area is 113 Å². The minimum Gasteiger partial charge on any atom is -0.339 e. The Kier molecular flexibility index (Phi) is 4.70. The maximum absolute atomic E-state index is 10.9. The Morgan fingerprint density at radius 3 is 2.11 bits per heavy atom. The monoisotopic (exact) mass is 255 g/mol. The van der Waals surface area contributed by atoms with E-state index in [0.717, 1.165) is 18.8 Å². The largest absolute Gasteiger partial charge is 0.339 e. The maximum Gasteiger partial charge on any atom is 0.221 e. The molecule has 98 valence electrons. The molecular weight excluding hydrogens is 236 g/mol. The van der Waals surface area contributed by atoms with Crippen molar-refractivity contribution in [3.8, 4) is 0 Å². The van der Waals surface area contributed by atoms with Gasteiger partial charge >= 0.3 is 0 Å². The Morgan fingerprint density at radius 1 is 0.947 bits per heavy atom.